The summed E-state index contributed by atoms with van der Waals surface area (Å²) in [5.74, 6) is -6.58. The molecule has 0 radical (unpaired) electrons. The number of aromatic hydroxyl groups is 1. The summed E-state index contributed by atoms with van der Waals surface area (Å²) >= 11 is 0. The maximum absolute atomic E-state index is 13.8. The van der Waals surface area contributed by atoms with Crippen LogP contribution in [0.2, 0.25) is 0 Å². The lowest BCUT2D eigenvalue weighted by Gasteiger charge is -2.12. The molecule has 1 fully saturated rings. The van der Waals surface area contributed by atoms with Crippen molar-refractivity contribution in [2.45, 2.75) is 18.6 Å². The molecule has 1 heterocycles. The van der Waals surface area contributed by atoms with Gasteiger partial charge >= 0.3 is 0 Å². The van der Waals surface area contributed by atoms with Crippen molar-refractivity contribution in [1.82, 2.24) is 4.57 Å². The monoisotopic (exact) mass is 273 g/mol. The molecule has 7 heteroatoms. The number of alkyl halides is 1. The van der Waals surface area contributed by atoms with Crippen LogP contribution in [0, 0.1) is 17.5 Å². The largest absolute Gasteiger partial charge is 0.504 e. The molecule has 2 atom stereocenters. The third kappa shape index (κ3) is 1.54. The molecule has 1 aliphatic carbocycles. The van der Waals surface area contributed by atoms with Crippen LogP contribution < -0.4 is 5.43 Å². The molecule has 0 saturated heterocycles. The second-order valence-corrected chi connectivity index (χ2v) is 4.42. The van der Waals surface area contributed by atoms with Crippen LogP contribution in [-0.4, -0.2) is 15.8 Å². The molecule has 0 aliphatic heterocycles. The van der Waals surface area contributed by atoms with Gasteiger partial charge in [0.25, 0.3) is 0 Å². The van der Waals surface area contributed by atoms with E-state index in [0.29, 0.717) is 0 Å². The highest BCUT2D eigenvalue weighted by Crippen LogP contribution is 2.42. The normalized spacial score (nSPS) is 21.9. The highest BCUT2D eigenvalue weighted by molar-refractivity contribution is 5.86. The molecule has 1 aliphatic rings. The minimum absolute atomic E-state index is 0.0944. The molecule has 0 unspecified atom stereocenters. The van der Waals surface area contributed by atoms with Gasteiger partial charge in [-0.2, -0.15) is 4.39 Å². The second kappa shape index (κ2) is 3.72. The molecule has 1 aromatic carbocycles. The first-order valence-electron chi connectivity index (χ1n) is 5.47. The van der Waals surface area contributed by atoms with Crippen LogP contribution in [0.1, 0.15) is 12.5 Å². The number of phenolic OH excluding ortho intramolecular Hbond substituents is 1. The Morgan fingerprint density at radius 2 is 1.84 bits per heavy atom. The number of hydrogen-bond donors (Lipinski definition) is 1. The van der Waals surface area contributed by atoms with Gasteiger partial charge in [-0.15, -0.1) is 0 Å². The summed E-state index contributed by atoms with van der Waals surface area (Å²) in [6.45, 7) is 0. The fraction of sp³-hybridized carbons (Fsp3) is 0.250. The number of rotatable bonds is 1. The van der Waals surface area contributed by atoms with Gasteiger partial charge in [-0.3, -0.25) is 4.79 Å². The zero-order chi connectivity index (χ0) is 13.9. The van der Waals surface area contributed by atoms with Gasteiger partial charge in [0.1, 0.15) is 6.17 Å². The van der Waals surface area contributed by atoms with Crippen molar-refractivity contribution in [1.29, 1.82) is 0 Å². The summed E-state index contributed by atoms with van der Waals surface area (Å²) in [4.78, 5) is 11.6. The zero-order valence-electron chi connectivity index (χ0n) is 9.33. The molecular formula is C12H7F4NO2. The van der Waals surface area contributed by atoms with Gasteiger partial charge in [-0.05, 0) is 0 Å². The molecule has 1 saturated carbocycles. The van der Waals surface area contributed by atoms with Crippen LogP contribution in [-0.2, 0) is 0 Å². The van der Waals surface area contributed by atoms with Crippen LogP contribution in [0.25, 0.3) is 10.9 Å². The van der Waals surface area contributed by atoms with Crippen molar-refractivity contribution < 1.29 is 22.7 Å². The van der Waals surface area contributed by atoms with Gasteiger partial charge < -0.3 is 9.67 Å². The number of phenols is 1. The average molecular weight is 273 g/mol. The highest BCUT2D eigenvalue weighted by atomic mass is 19.2. The summed E-state index contributed by atoms with van der Waals surface area (Å²) in [7, 11) is 0. The first-order valence-corrected chi connectivity index (χ1v) is 5.47. The Morgan fingerprint density at radius 1 is 1.21 bits per heavy atom. The topological polar surface area (TPSA) is 42.2 Å². The Morgan fingerprint density at radius 3 is 2.42 bits per heavy atom. The molecule has 3 rings (SSSR count). The van der Waals surface area contributed by atoms with Crippen molar-refractivity contribution >= 4 is 10.9 Å². The fourth-order valence-electron chi connectivity index (χ4n) is 2.13. The highest BCUT2D eigenvalue weighted by Gasteiger charge is 2.40. The van der Waals surface area contributed by atoms with E-state index < -0.39 is 51.7 Å². The lowest BCUT2D eigenvalue weighted by Crippen LogP contribution is -2.12. The van der Waals surface area contributed by atoms with E-state index in [1.54, 1.807) is 0 Å². The van der Waals surface area contributed by atoms with Gasteiger partial charge in [0.2, 0.25) is 5.82 Å². The van der Waals surface area contributed by atoms with E-state index in [9.17, 15) is 27.5 Å². The molecule has 19 heavy (non-hydrogen) atoms. The number of benzene rings is 1. The minimum atomic E-state index is -1.89. The van der Waals surface area contributed by atoms with E-state index in [2.05, 4.69) is 0 Å². The van der Waals surface area contributed by atoms with Gasteiger partial charge in [0, 0.05) is 18.7 Å². The molecule has 1 N–H and O–H groups in total. The molecule has 0 amide bonds. The van der Waals surface area contributed by atoms with E-state index in [-0.39, 0.29) is 6.42 Å². The predicted molar refractivity (Wildman–Crippen MR) is 58.3 cm³/mol. The van der Waals surface area contributed by atoms with Gasteiger partial charge in [0.05, 0.1) is 16.9 Å². The maximum atomic E-state index is 13.8. The average Bonchev–Trinajstić information content (AvgIpc) is 3.10. The molecule has 0 bridgehead atoms. The predicted octanol–water partition coefficient (Wildman–Crippen LogP) is 2.41. The Bertz CT molecular complexity index is 756. The first kappa shape index (κ1) is 12.0. The molecule has 0 spiro atoms. The molecule has 2 aromatic rings. The molecule has 100 valence electrons. The van der Waals surface area contributed by atoms with Crippen molar-refractivity contribution in [2.24, 2.45) is 0 Å². The van der Waals surface area contributed by atoms with Crippen molar-refractivity contribution in [3.05, 3.63) is 39.9 Å². The summed E-state index contributed by atoms with van der Waals surface area (Å²) in [6, 6.07) is 0.214. The standard InChI is InChI=1S/C12H7F4NO2/c13-4-3-5(4)17-2-1-6(18)7-11(17)9(15)8(14)10(16)12(7)19/h1-2,4-5,19H,3H2/t4-,5+/m0/s1. The lowest BCUT2D eigenvalue weighted by atomic mass is 10.1. The molecule has 1 aromatic heterocycles. The number of fused-ring (bicyclic) bond motifs is 1. The summed E-state index contributed by atoms with van der Waals surface area (Å²) in [5.41, 5.74) is -1.48. The third-order valence-electron chi connectivity index (χ3n) is 3.20. The van der Waals surface area contributed by atoms with E-state index in [0.717, 1.165) is 16.8 Å². The smallest absolute Gasteiger partial charge is 0.204 e. The summed E-state index contributed by atoms with van der Waals surface area (Å²) in [6.07, 6.45) is -0.0354. The van der Waals surface area contributed by atoms with E-state index in [1.165, 1.54) is 0 Å². The van der Waals surface area contributed by atoms with Crippen molar-refractivity contribution in [3.63, 3.8) is 0 Å². The SMILES string of the molecule is O=c1ccn([C@@H]2C[C@@H]2F)c2c(F)c(F)c(F)c(O)c12. The Balaban J connectivity index is 2.50. The summed E-state index contributed by atoms with van der Waals surface area (Å²) in [5, 5.41) is 8.77. The molecule has 3 nitrogen and oxygen atoms in total. The van der Waals surface area contributed by atoms with Crippen molar-refractivity contribution in [2.75, 3.05) is 0 Å². The van der Waals surface area contributed by atoms with Gasteiger partial charge in [0.15, 0.2) is 22.8 Å². The molecular weight excluding hydrogens is 266 g/mol. The zero-order valence-corrected chi connectivity index (χ0v) is 9.33. The Hall–Kier alpha value is -2.05. The van der Waals surface area contributed by atoms with Crippen LogP contribution in [0.15, 0.2) is 17.1 Å². The number of aromatic nitrogens is 1. The van der Waals surface area contributed by atoms with E-state index in [1.807, 2.05) is 0 Å². The second-order valence-electron chi connectivity index (χ2n) is 4.42. The Kier molecular flexibility index (Phi) is 2.35. The van der Waals surface area contributed by atoms with Gasteiger partial charge in [-0.25, -0.2) is 13.2 Å². The number of hydrogen-bond acceptors (Lipinski definition) is 2. The quantitative estimate of drug-likeness (QED) is 0.640. The fourth-order valence-corrected chi connectivity index (χ4v) is 2.13. The van der Waals surface area contributed by atoms with E-state index in [4.69, 9.17) is 0 Å². The lowest BCUT2D eigenvalue weighted by molar-refractivity contribution is 0.391. The Labute approximate surface area is 103 Å². The van der Waals surface area contributed by atoms with Crippen LogP contribution >= 0.6 is 0 Å². The minimum Gasteiger partial charge on any atom is -0.504 e. The number of nitrogens with zero attached hydrogens (tertiary/aromatic N) is 1. The van der Waals surface area contributed by atoms with Crippen LogP contribution in [0.3, 0.4) is 0 Å². The number of pyridine rings is 1. The summed E-state index contributed by atoms with van der Waals surface area (Å²) < 4.78 is 54.4. The number of halogens is 4. The first-order chi connectivity index (χ1) is 8.93. The van der Waals surface area contributed by atoms with Crippen LogP contribution in [0.5, 0.6) is 5.75 Å². The van der Waals surface area contributed by atoms with Gasteiger partial charge in [-0.1, -0.05) is 0 Å². The maximum Gasteiger partial charge on any atom is 0.204 e. The van der Waals surface area contributed by atoms with E-state index >= 15 is 0 Å². The van der Waals surface area contributed by atoms with Crippen molar-refractivity contribution in [3.8, 4) is 5.75 Å². The third-order valence-corrected chi connectivity index (χ3v) is 3.20. The van der Waals surface area contributed by atoms with Crippen LogP contribution in [0.4, 0.5) is 17.6 Å².